The van der Waals surface area contributed by atoms with Crippen molar-refractivity contribution in [1.82, 2.24) is 0 Å². The summed E-state index contributed by atoms with van der Waals surface area (Å²) in [6, 6.07) is 22.3. The second kappa shape index (κ2) is 9.96. The average Bonchev–Trinajstić information content (AvgIpc) is 2.74. The van der Waals surface area contributed by atoms with E-state index in [2.05, 4.69) is 17.0 Å². The third-order valence-corrected chi connectivity index (χ3v) is 4.52. The third-order valence-electron chi connectivity index (χ3n) is 4.52. The second-order valence-electron chi connectivity index (χ2n) is 6.62. The minimum atomic E-state index is 0.168. The zero-order valence-electron chi connectivity index (χ0n) is 17.3. The zero-order valence-corrected chi connectivity index (χ0v) is 17.3. The fourth-order valence-corrected chi connectivity index (χ4v) is 3.22. The molecular formula is C24H27NO4. The molecule has 0 unspecified atom stereocenters. The minimum Gasteiger partial charge on any atom is -0.465 e. The second-order valence-corrected chi connectivity index (χ2v) is 6.62. The molecule has 0 bridgehead atoms. The van der Waals surface area contributed by atoms with Crippen LogP contribution in [0.15, 0.2) is 66.7 Å². The van der Waals surface area contributed by atoms with E-state index in [4.69, 9.17) is 18.9 Å². The molecule has 0 amide bonds. The number of methoxy groups -OCH3 is 2. The molecular weight excluding hydrogens is 366 g/mol. The maximum atomic E-state index is 5.96. The van der Waals surface area contributed by atoms with Gasteiger partial charge in [0, 0.05) is 19.9 Å². The van der Waals surface area contributed by atoms with Gasteiger partial charge in [-0.2, -0.15) is 0 Å². The van der Waals surface area contributed by atoms with E-state index in [1.54, 1.807) is 14.2 Å². The van der Waals surface area contributed by atoms with E-state index in [9.17, 15) is 0 Å². The van der Waals surface area contributed by atoms with Crippen LogP contribution in [0.1, 0.15) is 11.1 Å². The maximum Gasteiger partial charge on any atom is 0.188 e. The quantitative estimate of drug-likeness (QED) is 0.434. The normalized spacial score (nSPS) is 10.6. The first-order chi connectivity index (χ1) is 14.2. The number of aryl methyl sites for hydroxylation is 2. The largest absolute Gasteiger partial charge is 0.465 e. The summed E-state index contributed by atoms with van der Waals surface area (Å²) in [5, 5.41) is 0. The molecule has 3 aromatic carbocycles. The van der Waals surface area contributed by atoms with E-state index in [-0.39, 0.29) is 13.6 Å². The van der Waals surface area contributed by atoms with Crippen LogP contribution < -0.4 is 14.4 Å². The Balaban J connectivity index is 2.22. The van der Waals surface area contributed by atoms with Crippen LogP contribution in [0.25, 0.3) is 0 Å². The lowest BCUT2D eigenvalue weighted by Gasteiger charge is -2.30. The SMILES string of the molecule is COCOc1c(C)cccc1N(c1ccccc1)c1cccc(C)c1OCOC. The minimum absolute atomic E-state index is 0.168. The summed E-state index contributed by atoms with van der Waals surface area (Å²) in [7, 11) is 3.23. The monoisotopic (exact) mass is 393 g/mol. The van der Waals surface area contributed by atoms with Crippen molar-refractivity contribution in [2.75, 3.05) is 32.7 Å². The Bertz CT molecular complexity index is 870. The highest BCUT2D eigenvalue weighted by Gasteiger charge is 2.22. The molecule has 0 atom stereocenters. The molecule has 0 aliphatic heterocycles. The molecule has 0 fully saturated rings. The van der Waals surface area contributed by atoms with Gasteiger partial charge in [0.2, 0.25) is 0 Å². The van der Waals surface area contributed by atoms with Gasteiger partial charge in [0.1, 0.15) is 11.5 Å². The van der Waals surface area contributed by atoms with Crippen molar-refractivity contribution in [3.8, 4) is 11.5 Å². The van der Waals surface area contributed by atoms with Crippen LogP contribution in [0.5, 0.6) is 11.5 Å². The van der Waals surface area contributed by atoms with Crippen LogP contribution in [-0.2, 0) is 9.47 Å². The van der Waals surface area contributed by atoms with Crippen molar-refractivity contribution in [2.45, 2.75) is 13.8 Å². The molecule has 29 heavy (non-hydrogen) atoms. The lowest BCUT2D eigenvalue weighted by Crippen LogP contribution is -2.15. The maximum absolute atomic E-state index is 5.96. The van der Waals surface area contributed by atoms with Gasteiger partial charge >= 0.3 is 0 Å². The molecule has 0 aromatic heterocycles. The molecule has 3 rings (SSSR count). The van der Waals surface area contributed by atoms with Crippen LogP contribution in [0.4, 0.5) is 17.1 Å². The fourth-order valence-electron chi connectivity index (χ4n) is 3.22. The first-order valence-corrected chi connectivity index (χ1v) is 9.45. The molecule has 152 valence electrons. The van der Waals surface area contributed by atoms with Crippen LogP contribution in [0.2, 0.25) is 0 Å². The number of nitrogens with zero attached hydrogens (tertiary/aromatic N) is 1. The lowest BCUT2D eigenvalue weighted by atomic mass is 10.1. The highest BCUT2D eigenvalue weighted by atomic mass is 16.7. The summed E-state index contributed by atoms with van der Waals surface area (Å²) in [6.45, 7) is 4.38. The summed E-state index contributed by atoms with van der Waals surface area (Å²) in [4.78, 5) is 2.13. The summed E-state index contributed by atoms with van der Waals surface area (Å²) in [5.41, 5.74) is 4.84. The van der Waals surface area contributed by atoms with Crippen molar-refractivity contribution in [1.29, 1.82) is 0 Å². The number of anilines is 3. The van der Waals surface area contributed by atoms with Crippen LogP contribution >= 0.6 is 0 Å². The van der Waals surface area contributed by atoms with Gasteiger partial charge in [-0.3, -0.25) is 0 Å². The standard InChI is InChI=1S/C24H27NO4/c1-18-10-8-14-21(23(18)28-16-26-3)25(20-12-6-5-7-13-20)22-15-9-11-19(2)24(22)29-17-27-4/h5-15H,16-17H2,1-4H3. The van der Waals surface area contributed by atoms with Gasteiger partial charge in [0.15, 0.2) is 13.6 Å². The van der Waals surface area contributed by atoms with Crippen LogP contribution in [-0.4, -0.2) is 27.8 Å². The molecule has 0 N–H and O–H groups in total. The average molecular weight is 393 g/mol. The zero-order chi connectivity index (χ0) is 20.6. The lowest BCUT2D eigenvalue weighted by molar-refractivity contribution is 0.0506. The highest BCUT2D eigenvalue weighted by molar-refractivity contribution is 5.84. The fraction of sp³-hybridized carbons (Fsp3) is 0.250. The van der Waals surface area contributed by atoms with Crippen molar-refractivity contribution in [2.24, 2.45) is 0 Å². The molecule has 0 aliphatic rings. The molecule has 0 saturated heterocycles. The van der Waals surface area contributed by atoms with Gasteiger partial charge < -0.3 is 23.8 Å². The first-order valence-electron chi connectivity index (χ1n) is 9.45. The van der Waals surface area contributed by atoms with Crippen LogP contribution in [0.3, 0.4) is 0 Å². The number of para-hydroxylation sites is 3. The van der Waals surface area contributed by atoms with Gasteiger partial charge in [-0.15, -0.1) is 0 Å². The molecule has 0 spiro atoms. The van der Waals surface area contributed by atoms with Crippen molar-refractivity contribution >= 4 is 17.1 Å². The van der Waals surface area contributed by atoms with Gasteiger partial charge in [0.25, 0.3) is 0 Å². The van der Waals surface area contributed by atoms with Gasteiger partial charge in [-0.05, 0) is 49.2 Å². The molecule has 3 aromatic rings. The Morgan fingerprint density at radius 2 is 1.10 bits per heavy atom. The van der Waals surface area contributed by atoms with Gasteiger partial charge in [-0.25, -0.2) is 0 Å². The Hall–Kier alpha value is -3.02. The Morgan fingerprint density at radius 1 is 0.621 bits per heavy atom. The van der Waals surface area contributed by atoms with Crippen molar-refractivity contribution < 1.29 is 18.9 Å². The predicted octanol–water partition coefficient (Wildman–Crippen LogP) is 5.74. The topological polar surface area (TPSA) is 40.2 Å². The molecule has 0 heterocycles. The molecule has 0 aliphatic carbocycles. The van der Waals surface area contributed by atoms with E-state index >= 15 is 0 Å². The Labute approximate surface area is 172 Å². The first kappa shape index (κ1) is 20.7. The number of hydrogen-bond acceptors (Lipinski definition) is 5. The Morgan fingerprint density at radius 3 is 1.55 bits per heavy atom. The van der Waals surface area contributed by atoms with Crippen molar-refractivity contribution in [3.05, 3.63) is 77.9 Å². The van der Waals surface area contributed by atoms with Crippen LogP contribution in [0, 0.1) is 13.8 Å². The Kier molecular flexibility index (Phi) is 7.11. The number of ether oxygens (including phenoxy) is 4. The predicted molar refractivity (Wildman–Crippen MR) is 116 cm³/mol. The third kappa shape index (κ3) is 4.70. The van der Waals surface area contributed by atoms with E-state index in [1.165, 1.54) is 0 Å². The highest BCUT2D eigenvalue weighted by Crippen LogP contribution is 2.45. The summed E-state index contributed by atoms with van der Waals surface area (Å²) in [6.07, 6.45) is 0. The molecule has 5 heteroatoms. The smallest absolute Gasteiger partial charge is 0.188 e. The van der Waals surface area contributed by atoms with E-state index in [0.29, 0.717) is 0 Å². The number of hydrogen-bond donors (Lipinski definition) is 0. The summed E-state index contributed by atoms with van der Waals surface area (Å²) in [5.74, 6) is 1.52. The van der Waals surface area contributed by atoms with Crippen molar-refractivity contribution in [3.63, 3.8) is 0 Å². The van der Waals surface area contributed by atoms with E-state index in [1.807, 2.05) is 68.4 Å². The molecule has 5 nitrogen and oxygen atoms in total. The number of rotatable bonds is 9. The van der Waals surface area contributed by atoms with E-state index in [0.717, 1.165) is 39.7 Å². The summed E-state index contributed by atoms with van der Waals surface area (Å²) >= 11 is 0. The molecule has 0 saturated carbocycles. The van der Waals surface area contributed by atoms with E-state index < -0.39 is 0 Å². The van der Waals surface area contributed by atoms with Gasteiger partial charge in [-0.1, -0.05) is 42.5 Å². The van der Waals surface area contributed by atoms with Gasteiger partial charge in [0.05, 0.1) is 11.4 Å². The number of benzene rings is 3. The molecule has 0 radical (unpaired) electrons. The summed E-state index contributed by atoms with van der Waals surface area (Å²) < 4.78 is 22.2.